The molecule has 2 unspecified atom stereocenters. The molecule has 1 aliphatic heterocycles. The minimum absolute atomic E-state index is 0.243. The Morgan fingerprint density at radius 1 is 1.44 bits per heavy atom. The molecular formula is C15H21NO2. The Labute approximate surface area is 108 Å². The Bertz CT molecular complexity index is 456. The molecule has 1 saturated heterocycles. The van der Waals surface area contributed by atoms with Crippen molar-refractivity contribution in [1.82, 2.24) is 4.90 Å². The van der Waals surface area contributed by atoms with Crippen LogP contribution < -0.4 is 0 Å². The zero-order valence-electron chi connectivity index (χ0n) is 11.3. The molecule has 98 valence electrons. The van der Waals surface area contributed by atoms with Gasteiger partial charge in [0.15, 0.2) is 0 Å². The Morgan fingerprint density at radius 2 is 2.17 bits per heavy atom. The van der Waals surface area contributed by atoms with Crippen molar-refractivity contribution in [2.75, 3.05) is 6.54 Å². The summed E-state index contributed by atoms with van der Waals surface area (Å²) < 4.78 is 0. The van der Waals surface area contributed by atoms with Crippen LogP contribution >= 0.6 is 0 Å². The van der Waals surface area contributed by atoms with Crippen LogP contribution in [-0.2, 0) is 11.3 Å². The van der Waals surface area contributed by atoms with Gasteiger partial charge in [0.2, 0.25) is 0 Å². The molecule has 0 radical (unpaired) electrons. The van der Waals surface area contributed by atoms with E-state index >= 15 is 0 Å². The first-order chi connectivity index (χ1) is 8.49. The van der Waals surface area contributed by atoms with Crippen LogP contribution in [0.25, 0.3) is 0 Å². The summed E-state index contributed by atoms with van der Waals surface area (Å²) in [7, 11) is 0. The molecule has 0 aliphatic carbocycles. The third-order valence-corrected chi connectivity index (χ3v) is 3.94. The number of benzene rings is 1. The number of nitrogens with zero attached hydrogens (tertiary/aromatic N) is 1. The van der Waals surface area contributed by atoms with Gasteiger partial charge in [0.1, 0.15) is 6.04 Å². The number of carbonyl (C=O) groups is 1. The van der Waals surface area contributed by atoms with Gasteiger partial charge in [-0.15, -0.1) is 0 Å². The summed E-state index contributed by atoms with van der Waals surface area (Å²) in [6, 6.07) is 6.04. The van der Waals surface area contributed by atoms with Crippen molar-refractivity contribution in [3.8, 4) is 0 Å². The van der Waals surface area contributed by atoms with Crippen LogP contribution in [-0.4, -0.2) is 28.6 Å². The van der Waals surface area contributed by atoms with Crippen molar-refractivity contribution >= 4 is 5.97 Å². The van der Waals surface area contributed by atoms with Gasteiger partial charge in [-0.25, -0.2) is 0 Å². The van der Waals surface area contributed by atoms with E-state index in [0.29, 0.717) is 0 Å². The average Bonchev–Trinajstić information content (AvgIpc) is 2.65. The summed E-state index contributed by atoms with van der Waals surface area (Å²) in [5, 5.41) is 9.31. The van der Waals surface area contributed by atoms with Gasteiger partial charge in [0.25, 0.3) is 0 Å². The molecule has 0 spiro atoms. The van der Waals surface area contributed by atoms with Crippen molar-refractivity contribution in [3.05, 3.63) is 34.9 Å². The highest BCUT2D eigenvalue weighted by atomic mass is 16.4. The Hall–Kier alpha value is -1.35. The molecule has 2 rings (SSSR count). The maximum absolute atomic E-state index is 11.3. The number of likely N-dealkylation sites (tertiary alicyclic amines) is 1. The summed E-state index contributed by atoms with van der Waals surface area (Å²) in [6.45, 7) is 7.82. The van der Waals surface area contributed by atoms with Gasteiger partial charge in [-0.2, -0.15) is 0 Å². The van der Waals surface area contributed by atoms with Crippen LogP contribution in [0.15, 0.2) is 18.2 Å². The molecule has 3 heteroatoms. The molecule has 1 N–H and O–H groups in total. The van der Waals surface area contributed by atoms with Crippen molar-refractivity contribution in [3.63, 3.8) is 0 Å². The SMILES string of the molecule is Cc1ccc(C)c(CN2CCC(C)C2C(=O)O)c1. The first-order valence-corrected chi connectivity index (χ1v) is 6.52. The second-order valence-corrected chi connectivity index (χ2v) is 5.45. The maximum Gasteiger partial charge on any atom is 0.321 e. The molecule has 0 amide bonds. The van der Waals surface area contributed by atoms with E-state index in [1.54, 1.807) is 0 Å². The zero-order valence-corrected chi connectivity index (χ0v) is 11.3. The van der Waals surface area contributed by atoms with Crippen LogP contribution in [0.3, 0.4) is 0 Å². The van der Waals surface area contributed by atoms with Crippen LogP contribution in [0.2, 0.25) is 0 Å². The fourth-order valence-electron chi connectivity index (χ4n) is 2.79. The van der Waals surface area contributed by atoms with Crippen molar-refractivity contribution in [2.45, 2.75) is 39.8 Å². The zero-order chi connectivity index (χ0) is 13.3. The molecule has 2 atom stereocenters. The summed E-state index contributed by atoms with van der Waals surface area (Å²) in [5.74, 6) is -0.446. The average molecular weight is 247 g/mol. The largest absolute Gasteiger partial charge is 0.480 e. The van der Waals surface area contributed by atoms with Gasteiger partial charge in [0.05, 0.1) is 0 Å². The minimum Gasteiger partial charge on any atom is -0.480 e. The number of rotatable bonds is 3. The fourth-order valence-corrected chi connectivity index (χ4v) is 2.79. The Morgan fingerprint density at radius 3 is 2.83 bits per heavy atom. The Kier molecular flexibility index (Phi) is 3.71. The standard InChI is InChI=1S/C15H21NO2/c1-10-4-5-11(2)13(8-10)9-16-7-6-12(3)14(16)15(17)18/h4-5,8,12,14H,6-7,9H2,1-3H3,(H,17,18). The number of aryl methyl sites for hydroxylation is 2. The summed E-state index contributed by atoms with van der Waals surface area (Å²) in [5.41, 5.74) is 3.72. The molecule has 1 aromatic rings. The van der Waals surface area contributed by atoms with Crippen LogP contribution in [0.4, 0.5) is 0 Å². The first kappa shape index (κ1) is 13.1. The predicted octanol–water partition coefficient (Wildman–Crippen LogP) is 2.60. The fraction of sp³-hybridized carbons (Fsp3) is 0.533. The number of carboxylic acid groups (broad SMARTS) is 1. The van der Waals surface area contributed by atoms with E-state index in [1.165, 1.54) is 16.7 Å². The monoisotopic (exact) mass is 247 g/mol. The minimum atomic E-state index is -0.690. The summed E-state index contributed by atoms with van der Waals surface area (Å²) >= 11 is 0. The van der Waals surface area contributed by atoms with E-state index < -0.39 is 5.97 Å². The van der Waals surface area contributed by atoms with Crippen LogP contribution in [0.1, 0.15) is 30.0 Å². The van der Waals surface area contributed by atoms with Crippen molar-refractivity contribution in [1.29, 1.82) is 0 Å². The van der Waals surface area contributed by atoms with E-state index in [4.69, 9.17) is 0 Å². The van der Waals surface area contributed by atoms with Crippen molar-refractivity contribution < 1.29 is 9.90 Å². The molecule has 1 heterocycles. The van der Waals surface area contributed by atoms with Crippen LogP contribution in [0.5, 0.6) is 0 Å². The quantitative estimate of drug-likeness (QED) is 0.892. The number of hydrogen-bond donors (Lipinski definition) is 1. The maximum atomic E-state index is 11.3. The van der Waals surface area contributed by atoms with Gasteiger partial charge in [-0.1, -0.05) is 30.7 Å². The Balaban J connectivity index is 2.18. The normalized spacial score (nSPS) is 24.4. The van der Waals surface area contributed by atoms with Crippen molar-refractivity contribution in [2.24, 2.45) is 5.92 Å². The molecule has 1 aliphatic rings. The summed E-state index contributed by atoms with van der Waals surface area (Å²) in [6.07, 6.45) is 0.974. The van der Waals surface area contributed by atoms with Crippen LogP contribution in [0, 0.1) is 19.8 Å². The van der Waals surface area contributed by atoms with Gasteiger partial charge >= 0.3 is 5.97 Å². The summed E-state index contributed by atoms with van der Waals surface area (Å²) in [4.78, 5) is 13.4. The van der Waals surface area contributed by atoms with Gasteiger partial charge in [-0.05, 0) is 43.9 Å². The molecule has 0 bridgehead atoms. The van der Waals surface area contributed by atoms with Gasteiger partial charge in [-0.3, -0.25) is 9.69 Å². The third kappa shape index (κ3) is 2.56. The predicted molar refractivity (Wildman–Crippen MR) is 71.5 cm³/mol. The molecule has 0 saturated carbocycles. The highest BCUT2D eigenvalue weighted by Crippen LogP contribution is 2.26. The first-order valence-electron chi connectivity index (χ1n) is 6.52. The molecule has 0 aromatic heterocycles. The molecular weight excluding hydrogens is 226 g/mol. The molecule has 18 heavy (non-hydrogen) atoms. The second-order valence-electron chi connectivity index (χ2n) is 5.45. The van der Waals surface area contributed by atoms with Gasteiger partial charge < -0.3 is 5.11 Å². The van der Waals surface area contributed by atoms with E-state index in [-0.39, 0.29) is 12.0 Å². The lowest BCUT2D eigenvalue weighted by atomic mass is 10.0. The lowest BCUT2D eigenvalue weighted by molar-refractivity contribution is -0.143. The molecule has 1 aromatic carbocycles. The highest BCUT2D eigenvalue weighted by molar-refractivity contribution is 5.74. The third-order valence-electron chi connectivity index (χ3n) is 3.94. The van der Waals surface area contributed by atoms with E-state index in [2.05, 4.69) is 36.9 Å². The number of aliphatic carboxylic acids is 1. The smallest absolute Gasteiger partial charge is 0.321 e. The van der Waals surface area contributed by atoms with E-state index in [1.807, 2.05) is 6.92 Å². The number of hydrogen-bond acceptors (Lipinski definition) is 2. The topological polar surface area (TPSA) is 40.5 Å². The lowest BCUT2D eigenvalue weighted by Crippen LogP contribution is -2.38. The number of carboxylic acids is 1. The second kappa shape index (κ2) is 5.11. The van der Waals surface area contributed by atoms with E-state index in [0.717, 1.165) is 19.5 Å². The lowest BCUT2D eigenvalue weighted by Gasteiger charge is -2.24. The molecule has 3 nitrogen and oxygen atoms in total. The van der Waals surface area contributed by atoms with E-state index in [9.17, 15) is 9.90 Å². The van der Waals surface area contributed by atoms with Gasteiger partial charge in [0, 0.05) is 6.54 Å². The molecule has 1 fully saturated rings. The highest BCUT2D eigenvalue weighted by Gasteiger charge is 2.36.